The van der Waals surface area contributed by atoms with E-state index in [2.05, 4.69) is 21.2 Å². The van der Waals surface area contributed by atoms with Crippen molar-refractivity contribution in [3.8, 4) is 0 Å². The van der Waals surface area contributed by atoms with E-state index in [4.69, 9.17) is 0 Å². The molecule has 0 unspecified atom stereocenters. The average molecular weight is 358 g/mol. The maximum atomic E-state index is 12.5. The lowest BCUT2D eigenvalue weighted by Crippen LogP contribution is -2.40. The Morgan fingerprint density at radius 3 is 2.62 bits per heavy atom. The van der Waals surface area contributed by atoms with E-state index in [0.29, 0.717) is 13.0 Å². The van der Waals surface area contributed by atoms with E-state index in [9.17, 15) is 19.7 Å². The van der Waals surface area contributed by atoms with Crippen molar-refractivity contribution in [3.05, 3.63) is 38.3 Å². The largest absolute Gasteiger partial charge is 0.358 e. The van der Waals surface area contributed by atoms with Gasteiger partial charge in [-0.25, -0.2) is 0 Å². The maximum Gasteiger partial charge on any atom is 0.284 e. The Hall–Kier alpha value is -1.96. The molecular weight excluding hydrogens is 342 g/mol. The fourth-order valence-electron chi connectivity index (χ4n) is 1.77. The minimum Gasteiger partial charge on any atom is -0.358 e. The number of benzene rings is 1. The number of carbonyl (C=O) groups is 2. The molecule has 0 aromatic heterocycles. The Labute approximate surface area is 130 Å². The molecule has 0 atom stereocenters. The highest BCUT2D eigenvalue weighted by Gasteiger charge is 2.24. The SMILES string of the molecule is CCCN(CC(=O)NC)C(=O)c1cccc([N+](=O)[O-])c1Br. The van der Waals surface area contributed by atoms with Gasteiger partial charge in [-0.3, -0.25) is 19.7 Å². The maximum absolute atomic E-state index is 12.5. The first-order valence-corrected chi connectivity index (χ1v) is 7.14. The number of hydrogen-bond donors (Lipinski definition) is 1. The zero-order valence-corrected chi connectivity index (χ0v) is 13.3. The number of amides is 2. The number of nitro benzene ring substituents is 1. The summed E-state index contributed by atoms with van der Waals surface area (Å²) in [7, 11) is 1.49. The monoisotopic (exact) mass is 357 g/mol. The van der Waals surface area contributed by atoms with Crippen LogP contribution in [0.5, 0.6) is 0 Å². The van der Waals surface area contributed by atoms with Gasteiger partial charge in [0, 0.05) is 19.7 Å². The number of nitrogens with zero attached hydrogens (tertiary/aromatic N) is 2. The van der Waals surface area contributed by atoms with Gasteiger partial charge in [0.05, 0.1) is 17.0 Å². The summed E-state index contributed by atoms with van der Waals surface area (Å²) in [6, 6.07) is 4.25. The first kappa shape index (κ1) is 17.1. The number of rotatable bonds is 6. The van der Waals surface area contributed by atoms with Crippen LogP contribution in [0.15, 0.2) is 22.7 Å². The molecule has 0 bridgehead atoms. The first-order chi connectivity index (χ1) is 9.92. The summed E-state index contributed by atoms with van der Waals surface area (Å²) >= 11 is 3.10. The lowest BCUT2D eigenvalue weighted by molar-refractivity contribution is -0.385. The second-order valence-electron chi connectivity index (χ2n) is 4.30. The number of halogens is 1. The predicted octanol–water partition coefficient (Wildman–Crippen LogP) is 1.96. The predicted molar refractivity (Wildman–Crippen MR) is 81.1 cm³/mol. The highest BCUT2D eigenvalue weighted by Crippen LogP contribution is 2.29. The molecule has 0 aliphatic rings. The molecule has 0 aliphatic carbocycles. The third kappa shape index (κ3) is 4.25. The van der Waals surface area contributed by atoms with Crippen molar-refractivity contribution >= 4 is 33.4 Å². The van der Waals surface area contributed by atoms with Crippen LogP contribution in [0.1, 0.15) is 23.7 Å². The van der Waals surface area contributed by atoms with E-state index in [-0.39, 0.29) is 28.2 Å². The third-order valence-corrected chi connectivity index (χ3v) is 3.63. The molecule has 0 aliphatic heterocycles. The zero-order chi connectivity index (χ0) is 16.0. The van der Waals surface area contributed by atoms with E-state index >= 15 is 0 Å². The van der Waals surface area contributed by atoms with Crippen LogP contribution >= 0.6 is 15.9 Å². The molecule has 0 radical (unpaired) electrons. The van der Waals surface area contributed by atoms with E-state index in [0.717, 1.165) is 0 Å². The lowest BCUT2D eigenvalue weighted by Gasteiger charge is -2.21. The van der Waals surface area contributed by atoms with Gasteiger partial charge in [0.25, 0.3) is 11.6 Å². The average Bonchev–Trinajstić information content (AvgIpc) is 2.45. The van der Waals surface area contributed by atoms with Gasteiger partial charge in [-0.05, 0) is 28.4 Å². The first-order valence-electron chi connectivity index (χ1n) is 6.35. The van der Waals surface area contributed by atoms with Crippen LogP contribution in [-0.4, -0.2) is 41.8 Å². The molecule has 21 heavy (non-hydrogen) atoms. The van der Waals surface area contributed by atoms with Crippen LogP contribution < -0.4 is 5.32 Å². The van der Waals surface area contributed by atoms with E-state index in [1.807, 2.05) is 6.92 Å². The van der Waals surface area contributed by atoms with Gasteiger partial charge in [-0.1, -0.05) is 13.0 Å². The molecule has 7 nitrogen and oxygen atoms in total. The Morgan fingerprint density at radius 2 is 2.10 bits per heavy atom. The molecule has 0 heterocycles. The van der Waals surface area contributed by atoms with E-state index in [1.54, 1.807) is 0 Å². The number of likely N-dealkylation sites (N-methyl/N-ethyl adjacent to an activating group) is 1. The van der Waals surface area contributed by atoms with E-state index in [1.165, 1.54) is 30.1 Å². The fourth-order valence-corrected chi connectivity index (χ4v) is 2.35. The third-order valence-electron chi connectivity index (χ3n) is 2.80. The summed E-state index contributed by atoms with van der Waals surface area (Å²) in [4.78, 5) is 35.6. The number of carbonyl (C=O) groups excluding carboxylic acids is 2. The molecule has 1 aromatic carbocycles. The number of nitrogens with one attached hydrogen (secondary N) is 1. The van der Waals surface area contributed by atoms with Gasteiger partial charge in [0.2, 0.25) is 5.91 Å². The molecule has 1 aromatic rings. The summed E-state index contributed by atoms with van der Waals surface area (Å²) < 4.78 is 0.123. The molecule has 2 amide bonds. The van der Waals surface area contributed by atoms with Crippen LogP contribution in [0.3, 0.4) is 0 Å². The van der Waals surface area contributed by atoms with Crippen molar-refractivity contribution in [1.82, 2.24) is 10.2 Å². The summed E-state index contributed by atoms with van der Waals surface area (Å²) in [6.07, 6.45) is 0.676. The van der Waals surface area contributed by atoms with Crippen molar-refractivity contribution in [2.45, 2.75) is 13.3 Å². The highest BCUT2D eigenvalue weighted by atomic mass is 79.9. The van der Waals surface area contributed by atoms with Crippen molar-refractivity contribution in [2.24, 2.45) is 0 Å². The molecule has 114 valence electrons. The van der Waals surface area contributed by atoms with Crippen molar-refractivity contribution in [1.29, 1.82) is 0 Å². The summed E-state index contributed by atoms with van der Waals surface area (Å²) in [5.74, 6) is -0.714. The van der Waals surface area contributed by atoms with Gasteiger partial charge < -0.3 is 10.2 Å². The number of nitro groups is 1. The summed E-state index contributed by atoms with van der Waals surface area (Å²) in [5.41, 5.74) is -0.0150. The Bertz CT molecular complexity index is 562. The second kappa shape index (κ2) is 7.72. The minimum absolute atomic E-state index is 0.0850. The van der Waals surface area contributed by atoms with E-state index < -0.39 is 10.8 Å². The van der Waals surface area contributed by atoms with Crippen LogP contribution in [0.4, 0.5) is 5.69 Å². The molecule has 0 fully saturated rings. The normalized spacial score (nSPS) is 10.0. The molecule has 8 heteroatoms. The Kier molecular flexibility index (Phi) is 6.29. The van der Waals surface area contributed by atoms with Gasteiger partial charge >= 0.3 is 0 Å². The van der Waals surface area contributed by atoms with Gasteiger partial charge in [-0.2, -0.15) is 0 Å². The summed E-state index contributed by atoms with van der Waals surface area (Å²) in [6.45, 7) is 2.19. The molecule has 0 saturated carbocycles. The fraction of sp³-hybridized carbons (Fsp3) is 0.385. The molecule has 1 N–H and O–H groups in total. The van der Waals surface area contributed by atoms with Gasteiger partial charge in [-0.15, -0.1) is 0 Å². The van der Waals surface area contributed by atoms with Gasteiger partial charge in [0.1, 0.15) is 4.47 Å². The highest BCUT2D eigenvalue weighted by molar-refractivity contribution is 9.10. The molecule has 0 spiro atoms. The molecule has 0 saturated heterocycles. The lowest BCUT2D eigenvalue weighted by atomic mass is 10.1. The quantitative estimate of drug-likeness (QED) is 0.621. The van der Waals surface area contributed by atoms with Crippen molar-refractivity contribution in [3.63, 3.8) is 0 Å². The van der Waals surface area contributed by atoms with Crippen LogP contribution in [0, 0.1) is 10.1 Å². The van der Waals surface area contributed by atoms with Crippen LogP contribution in [0.25, 0.3) is 0 Å². The molecule has 1 rings (SSSR count). The number of hydrogen-bond acceptors (Lipinski definition) is 4. The van der Waals surface area contributed by atoms with Crippen LogP contribution in [0.2, 0.25) is 0 Å². The topological polar surface area (TPSA) is 92.6 Å². The Morgan fingerprint density at radius 1 is 1.43 bits per heavy atom. The zero-order valence-electron chi connectivity index (χ0n) is 11.8. The molecular formula is C13H16BrN3O4. The minimum atomic E-state index is -0.566. The van der Waals surface area contributed by atoms with Crippen LogP contribution in [-0.2, 0) is 4.79 Å². The standard InChI is InChI=1S/C13H16BrN3O4/c1-3-7-16(8-11(18)15-2)13(19)9-5-4-6-10(12(9)14)17(20)21/h4-6H,3,7-8H2,1-2H3,(H,15,18). The second-order valence-corrected chi connectivity index (χ2v) is 5.09. The van der Waals surface area contributed by atoms with Gasteiger partial charge in [0.15, 0.2) is 0 Å². The Balaban J connectivity index is 3.12. The van der Waals surface area contributed by atoms with Crippen molar-refractivity contribution < 1.29 is 14.5 Å². The smallest absolute Gasteiger partial charge is 0.284 e. The summed E-state index contributed by atoms with van der Waals surface area (Å²) in [5, 5.41) is 13.4. The van der Waals surface area contributed by atoms with Crippen molar-refractivity contribution in [2.75, 3.05) is 20.1 Å².